The van der Waals surface area contributed by atoms with E-state index in [0.717, 1.165) is 28.7 Å². The van der Waals surface area contributed by atoms with Gasteiger partial charge in [0.1, 0.15) is 20.6 Å². The van der Waals surface area contributed by atoms with Crippen LogP contribution < -0.4 is 14.8 Å². The maximum absolute atomic E-state index is 12.6. The lowest BCUT2D eigenvalue weighted by Crippen LogP contribution is -2.21. The lowest BCUT2D eigenvalue weighted by Gasteiger charge is -2.09. The van der Waals surface area contributed by atoms with Gasteiger partial charge in [-0.15, -0.1) is 11.3 Å². The average Bonchev–Trinajstić information content (AvgIpc) is 3.18. The summed E-state index contributed by atoms with van der Waals surface area (Å²) < 4.78 is 10.7. The number of nitro groups is 1. The third-order valence-electron chi connectivity index (χ3n) is 3.97. The SMILES string of the molecule is COc1cc(CNC(=O)c2cc([N+](=O)[O-])c(Sc3c(Cl)cncc3Cl)s2)cc(OC)c1. The zero-order chi connectivity index (χ0) is 22.5. The highest BCUT2D eigenvalue weighted by atomic mass is 35.5. The Kier molecular flexibility index (Phi) is 7.60. The largest absolute Gasteiger partial charge is 0.497 e. The van der Waals surface area contributed by atoms with E-state index in [1.807, 2.05) is 0 Å². The summed E-state index contributed by atoms with van der Waals surface area (Å²) in [5.74, 6) is 0.717. The van der Waals surface area contributed by atoms with Crippen LogP contribution in [0.15, 0.2) is 45.8 Å². The summed E-state index contributed by atoms with van der Waals surface area (Å²) in [5.41, 5.74) is 0.549. The molecule has 0 bridgehead atoms. The van der Waals surface area contributed by atoms with Crippen LogP contribution in [0.5, 0.6) is 11.5 Å². The van der Waals surface area contributed by atoms with Crippen LogP contribution in [0.2, 0.25) is 10.0 Å². The minimum atomic E-state index is -0.550. The van der Waals surface area contributed by atoms with Gasteiger partial charge in [-0.25, -0.2) is 0 Å². The Morgan fingerprint density at radius 3 is 2.32 bits per heavy atom. The first-order chi connectivity index (χ1) is 14.8. The molecule has 8 nitrogen and oxygen atoms in total. The molecule has 0 saturated heterocycles. The average molecular weight is 500 g/mol. The van der Waals surface area contributed by atoms with Crippen molar-refractivity contribution in [3.05, 3.63) is 67.3 Å². The van der Waals surface area contributed by atoms with Gasteiger partial charge in [-0.2, -0.15) is 0 Å². The quantitative estimate of drug-likeness (QED) is 0.324. The number of benzene rings is 1. The van der Waals surface area contributed by atoms with Gasteiger partial charge in [0, 0.05) is 31.1 Å². The molecule has 3 rings (SSSR count). The molecule has 31 heavy (non-hydrogen) atoms. The lowest BCUT2D eigenvalue weighted by molar-refractivity contribution is -0.387. The van der Waals surface area contributed by atoms with E-state index in [-0.39, 0.29) is 31.4 Å². The van der Waals surface area contributed by atoms with E-state index in [2.05, 4.69) is 10.3 Å². The second-order valence-corrected chi connectivity index (χ2v) is 9.12. The fourth-order valence-corrected chi connectivity index (χ4v) is 5.28. The predicted octanol–water partition coefficient (Wildman–Crippen LogP) is 5.46. The van der Waals surface area contributed by atoms with Crippen molar-refractivity contribution < 1.29 is 19.2 Å². The van der Waals surface area contributed by atoms with Crippen LogP contribution in [-0.4, -0.2) is 30.0 Å². The van der Waals surface area contributed by atoms with E-state index >= 15 is 0 Å². The number of carbonyl (C=O) groups excluding carboxylic acids is 1. The van der Waals surface area contributed by atoms with Crippen LogP contribution in [0.25, 0.3) is 0 Å². The van der Waals surface area contributed by atoms with E-state index < -0.39 is 10.8 Å². The highest BCUT2D eigenvalue weighted by Gasteiger charge is 2.25. The zero-order valence-corrected chi connectivity index (χ0v) is 19.3. The number of hydrogen-bond donors (Lipinski definition) is 1. The number of rotatable bonds is 8. The van der Waals surface area contributed by atoms with Gasteiger partial charge in [0.15, 0.2) is 0 Å². The van der Waals surface area contributed by atoms with Gasteiger partial charge in [0.05, 0.1) is 34.1 Å². The molecule has 0 aliphatic carbocycles. The van der Waals surface area contributed by atoms with Crippen molar-refractivity contribution in [2.75, 3.05) is 14.2 Å². The summed E-state index contributed by atoms with van der Waals surface area (Å²) in [6, 6.07) is 6.47. The number of nitrogens with zero attached hydrogens (tertiary/aromatic N) is 2. The van der Waals surface area contributed by atoms with Crippen LogP contribution in [-0.2, 0) is 6.54 Å². The third-order valence-corrected chi connectivity index (χ3v) is 7.22. The second-order valence-electron chi connectivity index (χ2n) is 5.98. The Balaban J connectivity index is 1.81. The van der Waals surface area contributed by atoms with Crippen LogP contribution >= 0.6 is 46.3 Å². The number of thiophene rings is 1. The molecule has 3 aromatic rings. The molecule has 0 saturated carbocycles. The van der Waals surface area contributed by atoms with Gasteiger partial charge in [0.25, 0.3) is 11.6 Å². The van der Waals surface area contributed by atoms with Gasteiger partial charge in [-0.05, 0) is 17.7 Å². The molecule has 1 amide bonds. The highest BCUT2D eigenvalue weighted by Crippen LogP contribution is 2.45. The van der Waals surface area contributed by atoms with Gasteiger partial charge in [0.2, 0.25) is 0 Å². The molecule has 2 aromatic heterocycles. The minimum Gasteiger partial charge on any atom is -0.497 e. The number of pyridine rings is 1. The fourth-order valence-electron chi connectivity index (χ4n) is 2.50. The van der Waals surface area contributed by atoms with Crippen molar-refractivity contribution in [3.8, 4) is 11.5 Å². The predicted molar refractivity (Wildman–Crippen MR) is 120 cm³/mol. The van der Waals surface area contributed by atoms with Crippen molar-refractivity contribution in [1.29, 1.82) is 0 Å². The summed E-state index contributed by atoms with van der Waals surface area (Å²) in [6.07, 6.45) is 2.79. The topological polar surface area (TPSA) is 104 Å². The van der Waals surface area contributed by atoms with E-state index in [9.17, 15) is 14.9 Å². The van der Waals surface area contributed by atoms with Crippen molar-refractivity contribution in [2.24, 2.45) is 0 Å². The molecular weight excluding hydrogens is 485 g/mol. The maximum atomic E-state index is 12.6. The molecule has 0 aliphatic heterocycles. The van der Waals surface area contributed by atoms with Crippen molar-refractivity contribution in [1.82, 2.24) is 10.3 Å². The molecule has 162 valence electrons. The van der Waals surface area contributed by atoms with Gasteiger partial charge in [-0.3, -0.25) is 19.9 Å². The molecule has 0 radical (unpaired) electrons. The number of nitrogens with one attached hydrogen (secondary N) is 1. The molecule has 0 atom stereocenters. The Morgan fingerprint density at radius 1 is 1.16 bits per heavy atom. The van der Waals surface area contributed by atoms with Crippen molar-refractivity contribution in [2.45, 2.75) is 15.6 Å². The highest BCUT2D eigenvalue weighted by molar-refractivity contribution is 8.01. The Hall–Kier alpha value is -2.53. The maximum Gasteiger partial charge on any atom is 0.294 e. The van der Waals surface area contributed by atoms with Gasteiger partial charge in [-0.1, -0.05) is 35.0 Å². The smallest absolute Gasteiger partial charge is 0.294 e. The first kappa shape index (κ1) is 23.1. The molecule has 0 unspecified atom stereocenters. The molecular formula is C19H15Cl2N3O5S2. The normalized spacial score (nSPS) is 10.6. The summed E-state index contributed by atoms with van der Waals surface area (Å²) in [4.78, 5) is 28.1. The Labute approximate surface area is 195 Å². The lowest BCUT2D eigenvalue weighted by atomic mass is 10.2. The Morgan fingerprint density at radius 2 is 1.77 bits per heavy atom. The number of aromatic nitrogens is 1. The first-order valence-corrected chi connectivity index (χ1v) is 11.0. The molecule has 0 aliphatic rings. The van der Waals surface area contributed by atoms with Crippen LogP contribution in [0.3, 0.4) is 0 Å². The molecule has 1 aromatic carbocycles. The number of ether oxygens (including phenoxy) is 2. The Bertz CT molecular complexity index is 1100. The van der Waals surface area contributed by atoms with E-state index in [1.165, 1.54) is 32.7 Å². The number of hydrogen-bond acceptors (Lipinski definition) is 8. The zero-order valence-electron chi connectivity index (χ0n) is 16.2. The molecule has 12 heteroatoms. The number of amides is 1. The number of carbonyl (C=O) groups is 1. The fraction of sp³-hybridized carbons (Fsp3) is 0.158. The van der Waals surface area contributed by atoms with Crippen LogP contribution in [0.1, 0.15) is 15.2 Å². The summed E-state index contributed by atoms with van der Waals surface area (Å²) in [7, 11) is 3.06. The standard InChI is InChI=1S/C19H15Cl2N3O5S2/c1-28-11-3-10(4-12(5-11)29-2)7-23-18(25)16-6-15(24(26)27)19(30-16)31-17-13(20)8-22-9-14(17)21/h3-6,8-9H,7H2,1-2H3,(H,23,25). The van der Waals surface area contributed by atoms with Crippen molar-refractivity contribution in [3.63, 3.8) is 0 Å². The summed E-state index contributed by atoms with van der Waals surface area (Å²) in [6.45, 7) is 0.183. The summed E-state index contributed by atoms with van der Waals surface area (Å²) in [5, 5.41) is 14.8. The van der Waals surface area contributed by atoms with Gasteiger partial charge < -0.3 is 14.8 Å². The van der Waals surface area contributed by atoms with Crippen LogP contribution in [0.4, 0.5) is 5.69 Å². The van der Waals surface area contributed by atoms with Gasteiger partial charge >= 0.3 is 0 Å². The van der Waals surface area contributed by atoms with E-state index in [1.54, 1.807) is 18.2 Å². The monoisotopic (exact) mass is 499 g/mol. The van der Waals surface area contributed by atoms with Crippen LogP contribution in [0, 0.1) is 10.1 Å². The molecule has 0 spiro atoms. The summed E-state index contributed by atoms with van der Waals surface area (Å²) >= 11 is 14.2. The number of halogens is 2. The minimum absolute atomic E-state index is 0.183. The van der Waals surface area contributed by atoms with E-state index in [0.29, 0.717) is 16.4 Å². The van der Waals surface area contributed by atoms with Crippen molar-refractivity contribution >= 4 is 57.9 Å². The molecule has 0 fully saturated rings. The molecule has 1 N–H and O–H groups in total. The first-order valence-electron chi connectivity index (χ1n) is 8.57. The van der Waals surface area contributed by atoms with E-state index in [4.69, 9.17) is 32.7 Å². The number of methoxy groups -OCH3 is 2. The third kappa shape index (κ3) is 5.59. The second kappa shape index (κ2) is 10.2. The molecule has 2 heterocycles.